The van der Waals surface area contributed by atoms with Gasteiger partial charge in [0, 0.05) is 18.5 Å². The summed E-state index contributed by atoms with van der Waals surface area (Å²) in [7, 11) is -1.91. The van der Waals surface area contributed by atoms with Crippen molar-refractivity contribution in [3.63, 3.8) is 0 Å². The van der Waals surface area contributed by atoms with Crippen molar-refractivity contribution in [2.24, 2.45) is 4.99 Å². The second kappa shape index (κ2) is 10.5. The van der Waals surface area contributed by atoms with Crippen LogP contribution in [0.1, 0.15) is 37.5 Å². The SMILES string of the molecule is CCNC(=NCc1cccc(CS(=O)(=O)NC)c1)NCC(C)(C)c1cccc(F)c1. The van der Waals surface area contributed by atoms with Crippen LogP contribution in [0.4, 0.5) is 4.39 Å². The number of nitrogens with one attached hydrogen (secondary N) is 3. The third-order valence-corrected chi connectivity index (χ3v) is 6.06. The molecule has 2 rings (SSSR count). The fourth-order valence-electron chi connectivity index (χ4n) is 2.94. The normalized spacial score (nSPS) is 12.6. The zero-order valence-electron chi connectivity index (χ0n) is 18.0. The molecule has 0 radical (unpaired) electrons. The van der Waals surface area contributed by atoms with E-state index < -0.39 is 10.0 Å². The van der Waals surface area contributed by atoms with E-state index in [0.29, 0.717) is 31.2 Å². The summed E-state index contributed by atoms with van der Waals surface area (Å²) in [5, 5.41) is 6.53. The van der Waals surface area contributed by atoms with Crippen LogP contribution in [-0.4, -0.2) is 34.5 Å². The number of hydrogen-bond acceptors (Lipinski definition) is 3. The Balaban J connectivity index is 2.07. The number of nitrogens with zero attached hydrogens (tertiary/aromatic N) is 1. The lowest BCUT2D eigenvalue weighted by Gasteiger charge is -2.27. The van der Waals surface area contributed by atoms with Crippen molar-refractivity contribution >= 4 is 16.0 Å². The molecule has 30 heavy (non-hydrogen) atoms. The predicted octanol–water partition coefficient (Wildman–Crippen LogP) is 2.91. The monoisotopic (exact) mass is 434 g/mol. The van der Waals surface area contributed by atoms with E-state index in [2.05, 4.69) is 20.3 Å². The third kappa shape index (κ3) is 7.42. The van der Waals surface area contributed by atoms with Crippen LogP contribution in [0.2, 0.25) is 0 Å². The number of sulfonamides is 1. The number of halogens is 1. The Morgan fingerprint density at radius 3 is 2.43 bits per heavy atom. The van der Waals surface area contributed by atoms with Crippen molar-refractivity contribution in [1.82, 2.24) is 15.4 Å². The van der Waals surface area contributed by atoms with Gasteiger partial charge in [0.2, 0.25) is 10.0 Å². The van der Waals surface area contributed by atoms with Gasteiger partial charge in [0.1, 0.15) is 5.82 Å². The maximum absolute atomic E-state index is 13.6. The minimum absolute atomic E-state index is 0.0683. The van der Waals surface area contributed by atoms with Crippen LogP contribution in [0.5, 0.6) is 0 Å². The second-order valence-corrected chi connectivity index (χ2v) is 9.65. The van der Waals surface area contributed by atoms with Crippen LogP contribution in [0.15, 0.2) is 53.5 Å². The van der Waals surface area contributed by atoms with Gasteiger partial charge in [-0.3, -0.25) is 0 Å². The molecule has 0 amide bonds. The quantitative estimate of drug-likeness (QED) is 0.419. The zero-order chi connectivity index (χ0) is 22.2. The van der Waals surface area contributed by atoms with Gasteiger partial charge in [0.25, 0.3) is 0 Å². The van der Waals surface area contributed by atoms with Gasteiger partial charge in [-0.05, 0) is 42.8 Å². The zero-order valence-corrected chi connectivity index (χ0v) is 18.8. The molecule has 0 heterocycles. The summed E-state index contributed by atoms with van der Waals surface area (Å²) >= 11 is 0. The highest BCUT2D eigenvalue weighted by molar-refractivity contribution is 7.88. The topological polar surface area (TPSA) is 82.6 Å². The van der Waals surface area contributed by atoms with E-state index in [1.54, 1.807) is 18.2 Å². The van der Waals surface area contributed by atoms with Gasteiger partial charge in [-0.15, -0.1) is 0 Å². The molecule has 0 saturated carbocycles. The molecule has 0 aliphatic heterocycles. The smallest absolute Gasteiger partial charge is 0.215 e. The first-order valence-corrected chi connectivity index (χ1v) is 11.6. The van der Waals surface area contributed by atoms with Crippen LogP contribution < -0.4 is 15.4 Å². The van der Waals surface area contributed by atoms with Crippen molar-refractivity contribution in [3.05, 3.63) is 71.0 Å². The maximum Gasteiger partial charge on any atom is 0.215 e. The molecule has 0 aliphatic rings. The number of guanidine groups is 1. The molecule has 0 unspecified atom stereocenters. The first kappa shape index (κ1) is 23.8. The lowest BCUT2D eigenvalue weighted by atomic mass is 9.84. The highest BCUT2D eigenvalue weighted by atomic mass is 32.2. The van der Waals surface area contributed by atoms with Crippen molar-refractivity contribution in [2.75, 3.05) is 20.1 Å². The minimum atomic E-state index is -3.32. The highest BCUT2D eigenvalue weighted by Gasteiger charge is 2.21. The van der Waals surface area contributed by atoms with Gasteiger partial charge in [-0.2, -0.15) is 0 Å². The standard InChI is InChI=1S/C22H31FN4O2S/c1-5-25-21(27-16-22(2,3)19-10-7-11-20(23)13-19)26-14-17-8-6-9-18(12-17)15-30(28,29)24-4/h6-13,24H,5,14-16H2,1-4H3,(H2,25,26,27). The van der Waals surface area contributed by atoms with Gasteiger partial charge >= 0.3 is 0 Å². The molecule has 0 saturated heterocycles. The van der Waals surface area contributed by atoms with Crippen molar-refractivity contribution in [2.45, 2.75) is 38.5 Å². The van der Waals surface area contributed by atoms with Gasteiger partial charge < -0.3 is 10.6 Å². The Labute approximate surface area is 179 Å². The maximum atomic E-state index is 13.6. The Morgan fingerprint density at radius 1 is 1.07 bits per heavy atom. The summed E-state index contributed by atoms with van der Waals surface area (Å²) < 4.78 is 39.4. The number of hydrogen-bond donors (Lipinski definition) is 3. The molecule has 0 aromatic heterocycles. The summed E-state index contributed by atoms with van der Waals surface area (Å²) in [5.74, 6) is 0.331. The fourth-order valence-corrected chi connectivity index (χ4v) is 3.70. The number of aliphatic imine (C=N–C) groups is 1. The average molecular weight is 435 g/mol. The van der Waals surface area contributed by atoms with Gasteiger partial charge in [0.15, 0.2) is 5.96 Å². The highest BCUT2D eigenvalue weighted by Crippen LogP contribution is 2.22. The molecule has 8 heteroatoms. The number of benzene rings is 2. The molecule has 0 fully saturated rings. The van der Waals surface area contributed by atoms with Crippen molar-refractivity contribution in [3.8, 4) is 0 Å². The van der Waals surface area contributed by atoms with E-state index in [9.17, 15) is 12.8 Å². The van der Waals surface area contributed by atoms with Gasteiger partial charge in [0.05, 0.1) is 12.3 Å². The Bertz CT molecular complexity index is 975. The first-order chi connectivity index (χ1) is 14.1. The molecule has 2 aromatic rings. The number of rotatable bonds is 9. The molecule has 2 aromatic carbocycles. The van der Waals surface area contributed by atoms with Gasteiger partial charge in [-0.25, -0.2) is 22.5 Å². The minimum Gasteiger partial charge on any atom is -0.357 e. The molecule has 3 N–H and O–H groups in total. The molecule has 0 bridgehead atoms. The van der Waals surface area contributed by atoms with Crippen LogP contribution in [0.3, 0.4) is 0 Å². The van der Waals surface area contributed by atoms with Gasteiger partial charge in [-0.1, -0.05) is 50.2 Å². The lowest BCUT2D eigenvalue weighted by Crippen LogP contribution is -2.43. The molecule has 0 atom stereocenters. The van der Waals surface area contributed by atoms with E-state index in [0.717, 1.165) is 11.1 Å². The lowest BCUT2D eigenvalue weighted by molar-refractivity contribution is 0.503. The molecule has 6 nitrogen and oxygen atoms in total. The summed E-state index contributed by atoms with van der Waals surface area (Å²) in [5.41, 5.74) is 2.24. The van der Waals surface area contributed by atoms with Crippen LogP contribution in [0.25, 0.3) is 0 Å². The van der Waals surface area contributed by atoms with Crippen molar-refractivity contribution in [1.29, 1.82) is 0 Å². The summed E-state index contributed by atoms with van der Waals surface area (Å²) in [4.78, 5) is 4.61. The Kier molecular flexibility index (Phi) is 8.37. The Morgan fingerprint density at radius 2 is 1.77 bits per heavy atom. The van der Waals surface area contributed by atoms with Crippen LogP contribution >= 0.6 is 0 Å². The summed E-state index contributed by atoms with van der Waals surface area (Å²) in [6.45, 7) is 7.75. The average Bonchev–Trinajstić information content (AvgIpc) is 2.70. The largest absolute Gasteiger partial charge is 0.357 e. The molecule has 0 spiro atoms. The van der Waals surface area contributed by atoms with Crippen molar-refractivity contribution < 1.29 is 12.8 Å². The second-order valence-electron chi connectivity index (χ2n) is 7.73. The fraction of sp³-hybridized carbons (Fsp3) is 0.409. The Hall–Kier alpha value is -2.45. The van der Waals surface area contributed by atoms with E-state index in [4.69, 9.17) is 0 Å². The molecule has 164 valence electrons. The predicted molar refractivity (Wildman–Crippen MR) is 120 cm³/mol. The van der Waals surface area contributed by atoms with E-state index in [-0.39, 0.29) is 17.0 Å². The molecular weight excluding hydrogens is 403 g/mol. The van der Waals surface area contributed by atoms with E-state index in [1.807, 2.05) is 45.0 Å². The van der Waals surface area contributed by atoms with Crippen LogP contribution in [0, 0.1) is 5.82 Å². The van der Waals surface area contributed by atoms with E-state index in [1.165, 1.54) is 13.1 Å². The molecular formula is C22H31FN4O2S. The third-order valence-electron chi connectivity index (χ3n) is 4.73. The first-order valence-electron chi connectivity index (χ1n) is 9.92. The van der Waals surface area contributed by atoms with E-state index >= 15 is 0 Å². The van der Waals surface area contributed by atoms with Crippen LogP contribution in [-0.2, 0) is 27.7 Å². The summed E-state index contributed by atoms with van der Waals surface area (Å²) in [6.07, 6.45) is 0. The molecule has 0 aliphatic carbocycles. The summed E-state index contributed by atoms with van der Waals surface area (Å²) in [6, 6.07) is 14.0.